The molecular formula is C13H17NO2. The van der Waals surface area contributed by atoms with Gasteiger partial charge in [-0.2, -0.15) is 0 Å². The number of anilines is 1. The van der Waals surface area contributed by atoms with Gasteiger partial charge in [-0.1, -0.05) is 6.07 Å². The zero-order chi connectivity index (χ0) is 11.5. The second kappa shape index (κ2) is 4.56. The van der Waals surface area contributed by atoms with Crippen LogP contribution in [-0.2, 0) is 4.79 Å². The fourth-order valence-corrected chi connectivity index (χ4v) is 2.46. The number of nitrogens with zero attached hydrogens (tertiary/aromatic N) is 1. The number of aldehydes is 1. The molecule has 3 heteroatoms. The lowest BCUT2D eigenvalue weighted by atomic mass is 9.98. The van der Waals surface area contributed by atoms with Crippen LogP contribution < -0.4 is 9.64 Å². The maximum Gasteiger partial charge on any atom is 0.124 e. The van der Waals surface area contributed by atoms with Crippen LogP contribution in [0, 0.1) is 0 Å². The third-order valence-corrected chi connectivity index (χ3v) is 3.22. The number of carbonyl (C=O) groups excluding carboxylic acids is 1. The van der Waals surface area contributed by atoms with E-state index in [1.54, 1.807) is 7.11 Å². The lowest BCUT2D eigenvalue weighted by molar-refractivity contribution is -0.108. The summed E-state index contributed by atoms with van der Waals surface area (Å²) in [6.45, 7) is 4.02. The van der Waals surface area contributed by atoms with Gasteiger partial charge in [0.15, 0.2) is 0 Å². The highest BCUT2D eigenvalue weighted by atomic mass is 16.5. The molecule has 86 valence electrons. The first-order valence-corrected chi connectivity index (χ1v) is 5.67. The van der Waals surface area contributed by atoms with E-state index in [4.69, 9.17) is 4.74 Å². The van der Waals surface area contributed by atoms with Crippen LogP contribution in [0.25, 0.3) is 0 Å². The van der Waals surface area contributed by atoms with Gasteiger partial charge in [0.25, 0.3) is 0 Å². The van der Waals surface area contributed by atoms with E-state index in [-0.39, 0.29) is 5.92 Å². The Morgan fingerprint density at radius 1 is 1.56 bits per heavy atom. The number of hydrogen-bond donors (Lipinski definition) is 0. The van der Waals surface area contributed by atoms with E-state index in [0.717, 1.165) is 25.1 Å². The van der Waals surface area contributed by atoms with Crippen LogP contribution in [-0.4, -0.2) is 26.5 Å². The Hall–Kier alpha value is -1.51. The summed E-state index contributed by atoms with van der Waals surface area (Å²) in [4.78, 5) is 13.0. The number of ether oxygens (including phenoxy) is 1. The summed E-state index contributed by atoms with van der Waals surface area (Å²) < 4.78 is 5.38. The van der Waals surface area contributed by atoms with Crippen molar-refractivity contribution in [3.8, 4) is 5.75 Å². The molecule has 1 atom stereocenters. The molecular weight excluding hydrogens is 202 g/mol. The van der Waals surface area contributed by atoms with Gasteiger partial charge < -0.3 is 14.4 Å². The Balaban J connectivity index is 2.44. The number of likely N-dealkylation sites (N-methyl/N-ethyl adjacent to an activating group) is 1. The van der Waals surface area contributed by atoms with Crippen molar-refractivity contribution < 1.29 is 9.53 Å². The molecule has 1 aliphatic heterocycles. The van der Waals surface area contributed by atoms with Crippen molar-refractivity contribution in [2.24, 2.45) is 0 Å². The van der Waals surface area contributed by atoms with E-state index in [0.29, 0.717) is 6.42 Å². The van der Waals surface area contributed by atoms with Crippen LogP contribution in [0.2, 0.25) is 0 Å². The Bertz CT molecular complexity index is 390. The van der Waals surface area contributed by atoms with Crippen molar-refractivity contribution in [1.82, 2.24) is 0 Å². The summed E-state index contributed by atoms with van der Waals surface area (Å²) >= 11 is 0. The first kappa shape index (κ1) is 11.0. The van der Waals surface area contributed by atoms with Crippen LogP contribution in [0.3, 0.4) is 0 Å². The van der Waals surface area contributed by atoms with E-state index in [2.05, 4.69) is 17.9 Å². The molecule has 0 spiro atoms. The number of fused-ring (bicyclic) bond motifs is 1. The molecule has 16 heavy (non-hydrogen) atoms. The lowest BCUT2D eigenvalue weighted by Gasteiger charge is -2.16. The Morgan fingerprint density at radius 3 is 3.00 bits per heavy atom. The fourth-order valence-electron chi connectivity index (χ4n) is 2.46. The van der Waals surface area contributed by atoms with Crippen LogP contribution in [0.1, 0.15) is 24.8 Å². The molecule has 0 N–H and O–H groups in total. The van der Waals surface area contributed by atoms with Gasteiger partial charge in [0.05, 0.1) is 7.11 Å². The smallest absolute Gasteiger partial charge is 0.124 e. The van der Waals surface area contributed by atoms with Crippen LogP contribution >= 0.6 is 0 Å². The number of rotatable bonds is 4. The second-order valence-corrected chi connectivity index (χ2v) is 4.03. The topological polar surface area (TPSA) is 29.5 Å². The molecule has 0 bridgehead atoms. The van der Waals surface area contributed by atoms with Crippen LogP contribution in [0.4, 0.5) is 5.69 Å². The average molecular weight is 219 g/mol. The lowest BCUT2D eigenvalue weighted by Crippen LogP contribution is -2.21. The Morgan fingerprint density at radius 2 is 2.38 bits per heavy atom. The number of carbonyl (C=O) groups is 1. The molecule has 1 heterocycles. The predicted octanol–water partition coefficient (Wildman–Crippen LogP) is 2.21. The first-order valence-electron chi connectivity index (χ1n) is 5.67. The van der Waals surface area contributed by atoms with Gasteiger partial charge in [0.2, 0.25) is 0 Å². The highest BCUT2D eigenvalue weighted by molar-refractivity contribution is 5.67. The summed E-state index contributed by atoms with van der Waals surface area (Å²) in [5.74, 6) is 1.18. The van der Waals surface area contributed by atoms with Crippen molar-refractivity contribution in [2.75, 3.05) is 25.1 Å². The van der Waals surface area contributed by atoms with E-state index < -0.39 is 0 Å². The van der Waals surface area contributed by atoms with Crippen molar-refractivity contribution in [3.05, 3.63) is 23.8 Å². The zero-order valence-electron chi connectivity index (χ0n) is 9.77. The molecule has 2 rings (SSSR count). The van der Waals surface area contributed by atoms with Crippen molar-refractivity contribution in [2.45, 2.75) is 19.3 Å². The van der Waals surface area contributed by atoms with Gasteiger partial charge in [-0.25, -0.2) is 0 Å². The SMILES string of the molecule is CCN1CC(CC=O)c2c(OC)cccc21. The van der Waals surface area contributed by atoms with E-state index in [9.17, 15) is 4.79 Å². The van der Waals surface area contributed by atoms with E-state index in [1.807, 2.05) is 12.1 Å². The molecule has 0 saturated carbocycles. The largest absolute Gasteiger partial charge is 0.496 e. The third kappa shape index (κ3) is 1.66. The summed E-state index contributed by atoms with van der Waals surface area (Å²) in [5, 5.41) is 0. The van der Waals surface area contributed by atoms with Crippen molar-refractivity contribution in [1.29, 1.82) is 0 Å². The van der Waals surface area contributed by atoms with Crippen molar-refractivity contribution in [3.63, 3.8) is 0 Å². The number of methoxy groups -OCH3 is 1. The number of hydrogen-bond acceptors (Lipinski definition) is 3. The molecule has 1 aliphatic rings. The highest BCUT2D eigenvalue weighted by Gasteiger charge is 2.30. The molecule has 1 unspecified atom stereocenters. The van der Waals surface area contributed by atoms with Gasteiger partial charge in [-0.05, 0) is 19.1 Å². The minimum Gasteiger partial charge on any atom is -0.496 e. The first-order chi connectivity index (χ1) is 7.81. The predicted molar refractivity (Wildman–Crippen MR) is 64.3 cm³/mol. The van der Waals surface area contributed by atoms with E-state index in [1.165, 1.54) is 11.3 Å². The fraction of sp³-hybridized carbons (Fsp3) is 0.462. The molecule has 3 nitrogen and oxygen atoms in total. The minimum atomic E-state index is 0.281. The highest BCUT2D eigenvalue weighted by Crippen LogP contribution is 2.42. The van der Waals surface area contributed by atoms with Gasteiger partial charge in [0.1, 0.15) is 12.0 Å². The van der Waals surface area contributed by atoms with Gasteiger partial charge in [0, 0.05) is 36.7 Å². The molecule has 0 aromatic heterocycles. The normalized spacial score (nSPS) is 18.4. The van der Waals surface area contributed by atoms with Gasteiger partial charge in [-0.3, -0.25) is 0 Å². The molecule has 0 aliphatic carbocycles. The molecule has 0 saturated heterocycles. The standard InChI is InChI=1S/C13H17NO2/c1-3-14-9-10(7-8-15)13-11(14)5-4-6-12(13)16-2/h4-6,8,10H,3,7,9H2,1-2H3. The van der Waals surface area contributed by atoms with Gasteiger partial charge in [-0.15, -0.1) is 0 Å². The molecule has 0 fully saturated rings. The average Bonchev–Trinajstić information content (AvgIpc) is 2.68. The summed E-state index contributed by atoms with van der Waals surface area (Å²) in [5.41, 5.74) is 2.41. The van der Waals surface area contributed by atoms with Crippen LogP contribution in [0.5, 0.6) is 5.75 Å². The van der Waals surface area contributed by atoms with Gasteiger partial charge >= 0.3 is 0 Å². The Labute approximate surface area is 96.0 Å². The van der Waals surface area contributed by atoms with Crippen molar-refractivity contribution >= 4 is 12.0 Å². The second-order valence-electron chi connectivity index (χ2n) is 4.03. The summed E-state index contributed by atoms with van der Waals surface area (Å²) in [6, 6.07) is 6.07. The van der Waals surface area contributed by atoms with E-state index >= 15 is 0 Å². The third-order valence-electron chi connectivity index (χ3n) is 3.22. The molecule has 0 radical (unpaired) electrons. The zero-order valence-corrected chi connectivity index (χ0v) is 9.77. The quantitative estimate of drug-likeness (QED) is 0.727. The monoisotopic (exact) mass is 219 g/mol. The molecule has 1 aromatic rings. The maximum absolute atomic E-state index is 10.7. The summed E-state index contributed by atoms with van der Waals surface area (Å²) in [6.07, 6.45) is 1.57. The Kier molecular flexibility index (Phi) is 3.13. The summed E-state index contributed by atoms with van der Waals surface area (Å²) in [7, 11) is 1.68. The minimum absolute atomic E-state index is 0.281. The molecule has 0 amide bonds. The molecule has 1 aromatic carbocycles. The van der Waals surface area contributed by atoms with Crippen LogP contribution in [0.15, 0.2) is 18.2 Å². The maximum atomic E-state index is 10.7. The number of benzene rings is 1.